The lowest BCUT2D eigenvalue weighted by Gasteiger charge is -2.15. The van der Waals surface area contributed by atoms with E-state index in [-0.39, 0.29) is 12.5 Å². The van der Waals surface area contributed by atoms with Crippen LogP contribution in [0.5, 0.6) is 11.5 Å². The van der Waals surface area contributed by atoms with E-state index in [2.05, 4.69) is 15.5 Å². The predicted octanol–water partition coefficient (Wildman–Crippen LogP) is 3.14. The Balaban J connectivity index is 1.57. The zero-order valence-corrected chi connectivity index (χ0v) is 15.4. The summed E-state index contributed by atoms with van der Waals surface area (Å²) in [7, 11) is 1.59. The highest BCUT2D eigenvalue weighted by atomic mass is 16.5. The van der Waals surface area contributed by atoms with E-state index in [0.717, 1.165) is 11.1 Å². The maximum atomic E-state index is 12.2. The van der Waals surface area contributed by atoms with Gasteiger partial charge >= 0.3 is 0 Å². The molecule has 0 aliphatic rings. The van der Waals surface area contributed by atoms with Crippen molar-refractivity contribution in [2.45, 2.75) is 26.5 Å². The number of rotatable bonds is 7. The first-order chi connectivity index (χ1) is 13.1. The molecule has 0 radical (unpaired) electrons. The van der Waals surface area contributed by atoms with Gasteiger partial charge in [0, 0.05) is 5.56 Å². The molecule has 0 bridgehead atoms. The maximum Gasteiger partial charge on any atom is 0.261 e. The second-order valence-electron chi connectivity index (χ2n) is 5.99. The molecule has 2 aromatic carbocycles. The number of benzene rings is 2. The summed E-state index contributed by atoms with van der Waals surface area (Å²) in [5, 5.41) is 6.68. The summed E-state index contributed by atoms with van der Waals surface area (Å²) in [6.07, 6.45) is -0.646. The van der Waals surface area contributed by atoms with Crippen LogP contribution in [0, 0.1) is 6.92 Å². The SMILES string of the molecule is COc1cccc(-c2noc(CNC(=O)C(C)Oc3ccccc3C)n2)c1. The van der Waals surface area contributed by atoms with Gasteiger partial charge in [0.05, 0.1) is 13.7 Å². The van der Waals surface area contributed by atoms with E-state index in [1.807, 2.05) is 55.5 Å². The minimum atomic E-state index is -0.646. The van der Waals surface area contributed by atoms with Crippen molar-refractivity contribution in [3.05, 3.63) is 60.0 Å². The number of para-hydroxylation sites is 1. The Labute approximate surface area is 157 Å². The minimum absolute atomic E-state index is 0.122. The van der Waals surface area contributed by atoms with E-state index in [1.54, 1.807) is 14.0 Å². The Morgan fingerprint density at radius 2 is 2.04 bits per heavy atom. The van der Waals surface area contributed by atoms with Gasteiger partial charge in [-0.1, -0.05) is 35.5 Å². The van der Waals surface area contributed by atoms with Gasteiger partial charge in [-0.3, -0.25) is 4.79 Å². The molecule has 0 aliphatic heterocycles. The fourth-order valence-electron chi connectivity index (χ4n) is 2.45. The van der Waals surface area contributed by atoms with Crippen LogP contribution in [0.4, 0.5) is 0 Å². The molecule has 1 N–H and O–H groups in total. The summed E-state index contributed by atoms with van der Waals surface area (Å²) in [5.41, 5.74) is 1.74. The number of aryl methyl sites for hydroxylation is 1. The molecule has 140 valence electrons. The van der Waals surface area contributed by atoms with E-state index in [9.17, 15) is 4.79 Å². The van der Waals surface area contributed by atoms with Crippen LogP contribution in [0.25, 0.3) is 11.4 Å². The highest BCUT2D eigenvalue weighted by Crippen LogP contribution is 2.21. The number of carbonyl (C=O) groups excluding carboxylic acids is 1. The van der Waals surface area contributed by atoms with Gasteiger partial charge in [-0.05, 0) is 37.6 Å². The summed E-state index contributed by atoms with van der Waals surface area (Å²) in [6.45, 7) is 3.74. The standard InChI is InChI=1S/C20H21N3O4/c1-13-7-4-5-10-17(13)26-14(2)20(24)21-12-18-22-19(23-27-18)15-8-6-9-16(11-15)25-3/h4-11,14H,12H2,1-3H3,(H,21,24). The largest absolute Gasteiger partial charge is 0.497 e. The summed E-state index contributed by atoms with van der Waals surface area (Å²) >= 11 is 0. The van der Waals surface area contributed by atoms with Crippen molar-refractivity contribution in [3.63, 3.8) is 0 Å². The van der Waals surface area contributed by atoms with E-state index < -0.39 is 6.10 Å². The lowest BCUT2D eigenvalue weighted by molar-refractivity contribution is -0.127. The van der Waals surface area contributed by atoms with Crippen LogP contribution in [-0.4, -0.2) is 29.3 Å². The molecule has 0 spiro atoms. The molecule has 1 heterocycles. The molecule has 1 unspecified atom stereocenters. The van der Waals surface area contributed by atoms with Crippen LogP contribution < -0.4 is 14.8 Å². The third kappa shape index (κ3) is 4.63. The number of hydrogen-bond acceptors (Lipinski definition) is 6. The molecular weight excluding hydrogens is 346 g/mol. The Morgan fingerprint density at radius 3 is 2.81 bits per heavy atom. The van der Waals surface area contributed by atoms with Gasteiger partial charge in [-0.25, -0.2) is 0 Å². The number of methoxy groups -OCH3 is 1. The van der Waals surface area contributed by atoms with Crippen molar-refractivity contribution < 1.29 is 18.8 Å². The van der Waals surface area contributed by atoms with Crippen LogP contribution in [-0.2, 0) is 11.3 Å². The quantitative estimate of drug-likeness (QED) is 0.690. The van der Waals surface area contributed by atoms with Gasteiger partial charge in [0.25, 0.3) is 5.91 Å². The van der Waals surface area contributed by atoms with Crippen molar-refractivity contribution in [2.75, 3.05) is 7.11 Å². The zero-order chi connectivity index (χ0) is 19.2. The number of nitrogens with one attached hydrogen (secondary N) is 1. The zero-order valence-electron chi connectivity index (χ0n) is 15.4. The minimum Gasteiger partial charge on any atom is -0.497 e. The van der Waals surface area contributed by atoms with Gasteiger partial charge in [0.15, 0.2) is 6.10 Å². The van der Waals surface area contributed by atoms with Crippen molar-refractivity contribution in [1.29, 1.82) is 0 Å². The molecule has 3 aromatic rings. The summed E-state index contributed by atoms with van der Waals surface area (Å²) in [4.78, 5) is 16.5. The Kier molecular flexibility index (Phi) is 5.71. The number of aromatic nitrogens is 2. The number of carbonyl (C=O) groups is 1. The van der Waals surface area contributed by atoms with Gasteiger partial charge in [0.2, 0.25) is 11.7 Å². The van der Waals surface area contributed by atoms with Crippen molar-refractivity contribution >= 4 is 5.91 Å². The van der Waals surface area contributed by atoms with E-state index in [0.29, 0.717) is 23.2 Å². The van der Waals surface area contributed by atoms with E-state index in [4.69, 9.17) is 14.0 Å². The van der Waals surface area contributed by atoms with Crippen molar-refractivity contribution in [1.82, 2.24) is 15.5 Å². The Morgan fingerprint density at radius 1 is 1.22 bits per heavy atom. The summed E-state index contributed by atoms with van der Waals surface area (Å²) in [6, 6.07) is 14.9. The first-order valence-corrected chi connectivity index (χ1v) is 8.54. The Hall–Kier alpha value is -3.35. The average Bonchev–Trinajstić information content (AvgIpc) is 3.17. The smallest absolute Gasteiger partial charge is 0.261 e. The first kappa shape index (κ1) is 18.4. The van der Waals surface area contributed by atoms with Gasteiger partial charge in [-0.15, -0.1) is 0 Å². The average molecular weight is 367 g/mol. The van der Waals surface area contributed by atoms with Crippen LogP contribution in [0.3, 0.4) is 0 Å². The highest BCUT2D eigenvalue weighted by molar-refractivity contribution is 5.80. The molecule has 27 heavy (non-hydrogen) atoms. The molecule has 7 heteroatoms. The first-order valence-electron chi connectivity index (χ1n) is 8.54. The molecule has 1 atom stereocenters. The van der Waals surface area contributed by atoms with Crippen molar-refractivity contribution in [2.24, 2.45) is 0 Å². The second-order valence-corrected chi connectivity index (χ2v) is 5.99. The molecule has 3 rings (SSSR count). The molecule has 7 nitrogen and oxygen atoms in total. The summed E-state index contributed by atoms with van der Waals surface area (Å²) in [5.74, 6) is 1.86. The molecular formula is C20H21N3O4. The Bertz CT molecular complexity index is 923. The summed E-state index contributed by atoms with van der Waals surface area (Å²) < 4.78 is 16.1. The lowest BCUT2D eigenvalue weighted by atomic mass is 10.2. The van der Waals surface area contributed by atoms with Crippen LogP contribution in [0.2, 0.25) is 0 Å². The van der Waals surface area contributed by atoms with Crippen LogP contribution in [0.1, 0.15) is 18.4 Å². The molecule has 0 aliphatic carbocycles. The highest BCUT2D eigenvalue weighted by Gasteiger charge is 2.17. The number of nitrogens with zero attached hydrogens (tertiary/aromatic N) is 2. The third-order valence-electron chi connectivity index (χ3n) is 3.98. The molecule has 0 fully saturated rings. The molecule has 1 aromatic heterocycles. The lowest BCUT2D eigenvalue weighted by Crippen LogP contribution is -2.36. The fraction of sp³-hybridized carbons (Fsp3) is 0.250. The third-order valence-corrected chi connectivity index (χ3v) is 3.98. The van der Waals surface area contributed by atoms with Crippen LogP contribution in [0.15, 0.2) is 53.1 Å². The van der Waals surface area contributed by atoms with E-state index in [1.165, 1.54) is 0 Å². The van der Waals surface area contributed by atoms with Gasteiger partial charge in [-0.2, -0.15) is 4.98 Å². The molecule has 1 amide bonds. The van der Waals surface area contributed by atoms with E-state index >= 15 is 0 Å². The number of amides is 1. The topological polar surface area (TPSA) is 86.5 Å². The van der Waals surface area contributed by atoms with Gasteiger partial charge in [0.1, 0.15) is 11.5 Å². The molecule has 0 saturated carbocycles. The van der Waals surface area contributed by atoms with Gasteiger partial charge < -0.3 is 19.3 Å². The predicted molar refractivity (Wildman–Crippen MR) is 99.4 cm³/mol. The normalized spacial score (nSPS) is 11.7. The second kappa shape index (κ2) is 8.35. The van der Waals surface area contributed by atoms with Crippen molar-refractivity contribution in [3.8, 4) is 22.9 Å². The monoisotopic (exact) mass is 367 g/mol. The maximum absolute atomic E-state index is 12.2. The molecule has 0 saturated heterocycles. The number of hydrogen-bond donors (Lipinski definition) is 1. The van der Waals surface area contributed by atoms with Crippen LogP contribution >= 0.6 is 0 Å². The fourth-order valence-corrected chi connectivity index (χ4v) is 2.45. The number of ether oxygens (including phenoxy) is 2.